The highest BCUT2D eigenvalue weighted by molar-refractivity contribution is 5.99. The molecule has 0 fully saturated rings. The maximum Gasteiger partial charge on any atom is 0.408 e. The third-order valence-electron chi connectivity index (χ3n) is 5.11. The van der Waals surface area contributed by atoms with E-state index in [1.54, 1.807) is 6.07 Å². The molecule has 7 nitrogen and oxygen atoms in total. The molecule has 1 atom stereocenters. The van der Waals surface area contributed by atoms with Crippen LogP contribution in [0, 0.1) is 6.92 Å². The summed E-state index contributed by atoms with van der Waals surface area (Å²) in [6, 6.07) is 5.38. The fourth-order valence-corrected chi connectivity index (χ4v) is 2.96. The molecule has 0 saturated carbocycles. The van der Waals surface area contributed by atoms with Gasteiger partial charge in [0.15, 0.2) is 0 Å². The van der Waals surface area contributed by atoms with Gasteiger partial charge in [-0.1, -0.05) is 52.4 Å². The number of aliphatic hydroxyl groups is 1. The smallest absolute Gasteiger partial charge is 0.408 e. The Morgan fingerprint density at radius 1 is 1.00 bits per heavy atom. The maximum absolute atomic E-state index is 12.7. The lowest BCUT2D eigenvalue weighted by molar-refractivity contribution is -0.123. The molecule has 176 valence electrons. The highest BCUT2D eigenvalue weighted by atomic mass is 16.5. The fourth-order valence-electron chi connectivity index (χ4n) is 2.96. The van der Waals surface area contributed by atoms with E-state index in [4.69, 9.17) is 9.47 Å². The van der Waals surface area contributed by atoms with E-state index < -0.39 is 24.1 Å². The van der Waals surface area contributed by atoms with Gasteiger partial charge in [-0.25, -0.2) is 4.79 Å². The van der Waals surface area contributed by atoms with E-state index in [0.717, 1.165) is 30.6 Å². The highest BCUT2D eigenvalue weighted by Gasteiger charge is 2.35. The monoisotopic (exact) mass is 436 g/mol. The van der Waals surface area contributed by atoms with Crippen LogP contribution < -0.4 is 15.4 Å². The third kappa shape index (κ3) is 10.0. The van der Waals surface area contributed by atoms with Gasteiger partial charge in [-0.05, 0) is 50.5 Å². The lowest BCUT2D eigenvalue weighted by Crippen LogP contribution is -2.57. The molecule has 0 spiro atoms. The number of hydrogen-bond donors (Lipinski definition) is 3. The predicted molar refractivity (Wildman–Crippen MR) is 124 cm³/mol. The van der Waals surface area contributed by atoms with E-state index in [2.05, 4.69) is 17.6 Å². The summed E-state index contributed by atoms with van der Waals surface area (Å²) < 4.78 is 10.9. The molecule has 7 heteroatoms. The zero-order valence-corrected chi connectivity index (χ0v) is 19.6. The Bertz CT molecular complexity index is 680. The van der Waals surface area contributed by atoms with Crippen LogP contribution in [-0.4, -0.2) is 42.5 Å². The second-order valence-corrected chi connectivity index (χ2v) is 8.16. The van der Waals surface area contributed by atoms with Crippen molar-refractivity contribution in [1.29, 1.82) is 0 Å². The van der Waals surface area contributed by atoms with Gasteiger partial charge in [-0.2, -0.15) is 0 Å². The molecule has 1 rings (SSSR count). The molecule has 0 unspecified atom stereocenters. The first kappa shape index (κ1) is 26.8. The molecule has 0 aromatic heterocycles. The molecular formula is C24H40N2O5. The largest absolute Gasteiger partial charge is 0.493 e. The van der Waals surface area contributed by atoms with Crippen molar-refractivity contribution < 1.29 is 24.2 Å². The normalized spacial score (nSPS) is 12.7. The summed E-state index contributed by atoms with van der Waals surface area (Å²) in [7, 11) is 0. The molecule has 0 saturated heterocycles. The lowest BCUT2D eigenvalue weighted by atomic mass is 10.0. The number of nitrogens with one attached hydrogen (secondary N) is 2. The van der Waals surface area contributed by atoms with E-state index in [0.29, 0.717) is 12.3 Å². The number of amides is 2. The van der Waals surface area contributed by atoms with Gasteiger partial charge in [-0.15, -0.1) is 0 Å². The molecule has 0 aliphatic rings. The van der Waals surface area contributed by atoms with Crippen molar-refractivity contribution in [3.05, 3.63) is 23.8 Å². The molecule has 0 aliphatic heterocycles. The number of benzene rings is 1. The van der Waals surface area contributed by atoms with Gasteiger partial charge in [-0.3, -0.25) is 4.79 Å². The van der Waals surface area contributed by atoms with Gasteiger partial charge in [0.2, 0.25) is 0 Å². The first-order valence-electron chi connectivity index (χ1n) is 11.5. The van der Waals surface area contributed by atoms with Crippen molar-refractivity contribution in [1.82, 2.24) is 5.32 Å². The van der Waals surface area contributed by atoms with Crippen molar-refractivity contribution in [3.8, 4) is 5.75 Å². The molecule has 0 heterocycles. The van der Waals surface area contributed by atoms with E-state index in [1.165, 1.54) is 39.0 Å². The summed E-state index contributed by atoms with van der Waals surface area (Å²) in [6.45, 7) is 7.95. The van der Waals surface area contributed by atoms with Crippen LogP contribution in [-0.2, 0) is 9.53 Å². The van der Waals surface area contributed by atoms with Crippen molar-refractivity contribution in [2.24, 2.45) is 0 Å². The van der Waals surface area contributed by atoms with E-state index in [9.17, 15) is 14.7 Å². The number of alkyl carbamates (subject to hydrolysis) is 1. The summed E-state index contributed by atoms with van der Waals surface area (Å²) in [4.78, 5) is 24.6. The Hall–Kier alpha value is -2.28. The first-order valence-corrected chi connectivity index (χ1v) is 11.5. The SMILES string of the molecule is CCCCCCCCOc1ccc(NC(=O)[C@](C)(CO)NC(=O)OCCCC)cc1C. The zero-order chi connectivity index (χ0) is 23.1. The molecule has 2 amide bonds. The van der Waals surface area contributed by atoms with Crippen molar-refractivity contribution >= 4 is 17.7 Å². The summed E-state index contributed by atoms with van der Waals surface area (Å²) in [5.41, 5.74) is -0.0268. The minimum atomic E-state index is -1.50. The van der Waals surface area contributed by atoms with Gasteiger partial charge in [0.05, 0.1) is 19.8 Å². The number of ether oxygens (including phenoxy) is 2. The zero-order valence-electron chi connectivity index (χ0n) is 19.6. The topological polar surface area (TPSA) is 96.9 Å². The number of carbonyl (C=O) groups excluding carboxylic acids is 2. The Morgan fingerprint density at radius 2 is 1.68 bits per heavy atom. The number of unbranched alkanes of at least 4 members (excludes halogenated alkanes) is 6. The van der Waals surface area contributed by atoms with Crippen molar-refractivity contribution in [2.75, 3.05) is 25.1 Å². The number of aliphatic hydroxyl groups excluding tert-OH is 1. The highest BCUT2D eigenvalue weighted by Crippen LogP contribution is 2.23. The van der Waals surface area contributed by atoms with Crippen LogP contribution in [0.3, 0.4) is 0 Å². The molecule has 31 heavy (non-hydrogen) atoms. The second-order valence-electron chi connectivity index (χ2n) is 8.16. The average molecular weight is 437 g/mol. The van der Waals surface area contributed by atoms with Crippen LogP contribution in [0.15, 0.2) is 18.2 Å². The summed E-state index contributed by atoms with van der Waals surface area (Å²) in [5.74, 6) is 0.261. The Labute approximate surface area is 186 Å². The van der Waals surface area contributed by atoms with E-state index >= 15 is 0 Å². The third-order valence-corrected chi connectivity index (χ3v) is 5.11. The van der Waals surface area contributed by atoms with Crippen LogP contribution in [0.4, 0.5) is 10.5 Å². The van der Waals surface area contributed by atoms with Crippen LogP contribution in [0.25, 0.3) is 0 Å². The first-order chi connectivity index (χ1) is 14.9. The Balaban J connectivity index is 2.55. The van der Waals surface area contributed by atoms with Gasteiger partial charge in [0.1, 0.15) is 11.3 Å². The number of carbonyl (C=O) groups is 2. The number of aryl methyl sites for hydroxylation is 1. The Kier molecular flexibility index (Phi) is 12.7. The number of anilines is 1. The average Bonchev–Trinajstić information content (AvgIpc) is 2.74. The van der Waals surface area contributed by atoms with E-state index in [1.807, 2.05) is 26.0 Å². The molecule has 0 aliphatic carbocycles. The lowest BCUT2D eigenvalue weighted by Gasteiger charge is -2.27. The number of hydrogen-bond acceptors (Lipinski definition) is 5. The molecule has 0 radical (unpaired) electrons. The summed E-state index contributed by atoms with van der Waals surface area (Å²) in [6.07, 6.45) is 8.15. The Morgan fingerprint density at radius 3 is 2.32 bits per heavy atom. The fraction of sp³-hybridized carbons (Fsp3) is 0.667. The van der Waals surface area contributed by atoms with Gasteiger partial charge >= 0.3 is 6.09 Å². The standard InChI is InChI=1S/C24H40N2O5/c1-5-7-9-10-11-12-16-30-21-14-13-20(17-19(21)3)25-22(28)24(4,18-27)26-23(29)31-15-8-6-2/h13-14,17,27H,5-12,15-16,18H2,1-4H3,(H,25,28)(H,26,29)/t24-/m0/s1. The van der Waals surface area contributed by atoms with Crippen LogP contribution in [0.2, 0.25) is 0 Å². The maximum atomic E-state index is 12.7. The summed E-state index contributed by atoms with van der Waals surface area (Å²) >= 11 is 0. The van der Waals surface area contributed by atoms with Gasteiger partial charge < -0.3 is 25.2 Å². The van der Waals surface area contributed by atoms with Crippen LogP contribution in [0.5, 0.6) is 5.75 Å². The van der Waals surface area contributed by atoms with Gasteiger partial charge in [0.25, 0.3) is 5.91 Å². The van der Waals surface area contributed by atoms with E-state index in [-0.39, 0.29) is 6.61 Å². The minimum Gasteiger partial charge on any atom is -0.493 e. The number of rotatable bonds is 15. The molecule has 1 aromatic rings. The summed E-state index contributed by atoms with van der Waals surface area (Å²) in [5, 5.41) is 14.9. The van der Waals surface area contributed by atoms with Crippen LogP contribution >= 0.6 is 0 Å². The quantitative estimate of drug-likeness (QED) is 0.338. The van der Waals surface area contributed by atoms with Crippen LogP contribution in [0.1, 0.15) is 77.7 Å². The molecular weight excluding hydrogens is 396 g/mol. The molecule has 0 bridgehead atoms. The predicted octanol–water partition coefficient (Wildman–Crippen LogP) is 4.95. The minimum absolute atomic E-state index is 0.269. The second kappa shape index (κ2) is 14.7. The molecule has 3 N–H and O–H groups in total. The van der Waals surface area contributed by atoms with Gasteiger partial charge in [0, 0.05) is 5.69 Å². The van der Waals surface area contributed by atoms with Crippen molar-refractivity contribution in [3.63, 3.8) is 0 Å². The van der Waals surface area contributed by atoms with Crippen molar-refractivity contribution in [2.45, 2.75) is 84.6 Å². The molecule has 1 aromatic carbocycles.